The van der Waals surface area contributed by atoms with E-state index < -0.39 is 5.60 Å². The van der Waals surface area contributed by atoms with E-state index in [1.54, 1.807) is 7.05 Å². The molecular weight excluding hydrogens is 304 g/mol. The van der Waals surface area contributed by atoms with Gasteiger partial charge in [0.05, 0.1) is 12.2 Å². The number of nitrogens with one attached hydrogen (secondary N) is 1. The lowest BCUT2D eigenvalue weighted by atomic mass is 9.79. The van der Waals surface area contributed by atoms with Crippen molar-refractivity contribution in [2.24, 2.45) is 5.92 Å². The van der Waals surface area contributed by atoms with E-state index >= 15 is 0 Å². The molecule has 2 heterocycles. The monoisotopic (exact) mass is 332 g/mol. The molecule has 2 N–H and O–H groups in total. The van der Waals surface area contributed by atoms with Crippen LogP contribution in [0.25, 0.3) is 0 Å². The Balaban J connectivity index is 1.68. The Kier molecular flexibility index (Phi) is 5.23. The van der Waals surface area contributed by atoms with Crippen LogP contribution >= 0.6 is 0 Å². The predicted octanol–water partition coefficient (Wildman–Crippen LogP) is 1.80. The molecule has 0 aromatic heterocycles. The average Bonchev–Trinajstić information content (AvgIpc) is 3.02. The maximum absolute atomic E-state index is 11.6. The minimum atomic E-state index is -0.644. The molecule has 2 fully saturated rings. The maximum atomic E-state index is 11.6. The number of hydrogen-bond acceptors (Lipinski definition) is 4. The molecule has 2 aliphatic rings. The molecule has 24 heavy (non-hydrogen) atoms. The molecule has 1 aromatic carbocycles. The molecule has 3 atom stereocenters. The number of aliphatic hydroxyl groups is 1. The first-order valence-corrected chi connectivity index (χ1v) is 8.86. The normalized spacial score (nSPS) is 31.1. The number of carbonyl (C=O) groups excluding carboxylic acids is 1. The fourth-order valence-corrected chi connectivity index (χ4v) is 4.02. The minimum absolute atomic E-state index is 0.0593. The first kappa shape index (κ1) is 17.4. The smallest absolute Gasteiger partial charge is 0.251 e. The molecule has 2 saturated heterocycles. The summed E-state index contributed by atoms with van der Waals surface area (Å²) in [6.07, 6.45) is 2.98. The minimum Gasteiger partial charge on any atom is -0.390 e. The zero-order valence-electron chi connectivity index (χ0n) is 14.6. The van der Waals surface area contributed by atoms with E-state index in [0.29, 0.717) is 31.2 Å². The quantitative estimate of drug-likeness (QED) is 0.883. The number of nitrogens with zero attached hydrogens (tertiary/aromatic N) is 1. The van der Waals surface area contributed by atoms with Gasteiger partial charge in [0.25, 0.3) is 5.91 Å². The van der Waals surface area contributed by atoms with Gasteiger partial charge in [-0.15, -0.1) is 0 Å². The van der Waals surface area contributed by atoms with Gasteiger partial charge in [-0.05, 0) is 50.4 Å². The van der Waals surface area contributed by atoms with Crippen molar-refractivity contribution in [2.75, 3.05) is 26.8 Å². The number of rotatable bonds is 4. The van der Waals surface area contributed by atoms with Gasteiger partial charge in [0, 0.05) is 37.7 Å². The molecule has 132 valence electrons. The van der Waals surface area contributed by atoms with Crippen molar-refractivity contribution in [2.45, 2.75) is 44.4 Å². The fourth-order valence-electron chi connectivity index (χ4n) is 4.02. The Hall–Kier alpha value is -1.43. The predicted molar refractivity (Wildman–Crippen MR) is 92.8 cm³/mol. The van der Waals surface area contributed by atoms with Crippen LogP contribution in [0.1, 0.15) is 42.1 Å². The Morgan fingerprint density at radius 1 is 1.42 bits per heavy atom. The highest BCUT2D eigenvalue weighted by Crippen LogP contribution is 2.36. The highest BCUT2D eigenvalue weighted by molar-refractivity contribution is 5.93. The van der Waals surface area contributed by atoms with Crippen LogP contribution in [0.15, 0.2) is 24.3 Å². The Bertz CT molecular complexity index is 570. The van der Waals surface area contributed by atoms with E-state index in [0.717, 1.165) is 25.9 Å². The molecule has 0 unspecified atom stereocenters. The number of likely N-dealkylation sites (tertiary alicyclic amines) is 1. The third-order valence-electron chi connectivity index (χ3n) is 5.56. The molecule has 0 spiro atoms. The van der Waals surface area contributed by atoms with E-state index in [-0.39, 0.29) is 11.8 Å². The van der Waals surface area contributed by atoms with Crippen LogP contribution < -0.4 is 5.32 Å². The van der Waals surface area contributed by atoms with Crippen LogP contribution in [0.5, 0.6) is 0 Å². The second-order valence-corrected chi connectivity index (χ2v) is 7.24. The van der Waals surface area contributed by atoms with Crippen molar-refractivity contribution in [3.8, 4) is 0 Å². The van der Waals surface area contributed by atoms with E-state index in [9.17, 15) is 9.90 Å². The zero-order valence-corrected chi connectivity index (χ0v) is 14.6. The summed E-state index contributed by atoms with van der Waals surface area (Å²) in [5, 5.41) is 13.4. The van der Waals surface area contributed by atoms with Crippen LogP contribution in [0.2, 0.25) is 0 Å². The van der Waals surface area contributed by atoms with Gasteiger partial charge in [-0.25, -0.2) is 0 Å². The summed E-state index contributed by atoms with van der Waals surface area (Å²) in [6.45, 7) is 5.15. The topological polar surface area (TPSA) is 61.8 Å². The van der Waals surface area contributed by atoms with Crippen molar-refractivity contribution in [3.05, 3.63) is 35.4 Å². The Labute approximate surface area is 144 Å². The third-order valence-corrected chi connectivity index (χ3v) is 5.56. The van der Waals surface area contributed by atoms with E-state index in [4.69, 9.17) is 4.74 Å². The number of ether oxygens (including phenoxy) is 1. The third kappa shape index (κ3) is 3.63. The van der Waals surface area contributed by atoms with Crippen LogP contribution in [-0.4, -0.2) is 54.4 Å². The highest BCUT2D eigenvalue weighted by atomic mass is 16.5. The summed E-state index contributed by atoms with van der Waals surface area (Å²) in [5.41, 5.74) is 1.24. The van der Waals surface area contributed by atoms with Crippen molar-refractivity contribution in [3.63, 3.8) is 0 Å². The first-order valence-electron chi connectivity index (χ1n) is 8.86. The lowest BCUT2D eigenvalue weighted by Gasteiger charge is -2.43. The molecule has 0 bridgehead atoms. The lowest BCUT2D eigenvalue weighted by Crippen LogP contribution is -2.52. The van der Waals surface area contributed by atoms with Gasteiger partial charge in [0.2, 0.25) is 0 Å². The highest BCUT2D eigenvalue weighted by Gasteiger charge is 2.43. The SMILES string of the molecule is CNC(=O)c1ccc(CN2CCC[C@@H]2[C@@H]2COCC[C@]2(C)O)cc1. The second-order valence-electron chi connectivity index (χ2n) is 7.24. The second kappa shape index (κ2) is 7.21. The first-order chi connectivity index (χ1) is 11.5. The summed E-state index contributed by atoms with van der Waals surface area (Å²) < 4.78 is 5.65. The molecule has 1 aromatic rings. The van der Waals surface area contributed by atoms with Gasteiger partial charge >= 0.3 is 0 Å². The lowest BCUT2D eigenvalue weighted by molar-refractivity contribution is -0.123. The van der Waals surface area contributed by atoms with Crippen molar-refractivity contribution < 1.29 is 14.6 Å². The van der Waals surface area contributed by atoms with Gasteiger partial charge in [-0.1, -0.05) is 12.1 Å². The summed E-state index contributed by atoms with van der Waals surface area (Å²) >= 11 is 0. The average molecular weight is 332 g/mol. The number of amides is 1. The largest absolute Gasteiger partial charge is 0.390 e. The number of hydrogen-bond donors (Lipinski definition) is 2. The van der Waals surface area contributed by atoms with E-state index in [2.05, 4.69) is 10.2 Å². The maximum Gasteiger partial charge on any atom is 0.251 e. The van der Waals surface area contributed by atoms with Gasteiger partial charge in [-0.2, -0.15) is 0 Å². The van der Waals surface area contributed by atoms with E-state index in [1.165, 1.54) is 5.56 Å². The van der Waals surface area contributed by atoms with Crippen molar-refractivity contribution in [1.29, 1.82) is 0 Å². The van der Waals surface area contributed by atoms with Gasteiger partial charge in [-0.3, -0.25) is 9.69 Å². The summed E-state index contributed by atoms with van der Waals surface area (Å²) in [4.78, 5) is 14.1. The van der Waals surface area contributed by atoms with Crippen LogP contribution in [0.3, 0.4) is 0 Å². The molecule has 1 amide bonds. The van der Waals surface area contributed by atoms with Crippen LogP contribution in [-0.2, 0) is 11.3 Å². The fraction of sp³-hybridized carbons (Fsp3) is 0.632. The van der Waals surface area contributed by atoms with Crippen molar-refractivity contribution in [1.82, 2.24) is 10.2 Å². The number of benzene rings is 1. The zero-order chi connectivity index (χ0) is 17.2. The summed E-state index contributed by atoms with van der Waals surface area (Å²) in [5.74, 6) is 0.106. The molecule has 0 saturated carbocycles. The molecule has 5 nitrogen and oxygen atoms in total. The van der Waals surface area contributed by atoms with Gasteiger partial charge in [0.15, 0.2) is 0 Å². The standard InChI is InChI=1S/C19H28N2O3/c1-19(23)9-11-24-13-16(19)17-4-3-10-21(17)12-14-5-7-15(8-6-14)18(22)20-2/h5-8,16-17,23H,3-4,9-13H2,1-2H3,(H,20,22)/t16-,17+,19-/m0/s1. The molecule has 5 heteroatoms. The van der Waals surface area contributed by atoms with Crippen molar-refractivity contribution >= 4 is 5.91 Å². The van der Waals surface area contributed by atoms with Crippen LogP contribution in [0.4, 0.5) is 0 Å². The summed E-state index contributed by atoms with van der Waals surface area (Å²) in [6, 6.07) is 8.15. The molecule has 0 radical (unpaired) electrons. The van der Waals surface area contributed by atoms with E-state index in [1.807, 2.05) is 31.2 Å². The van der Waals surface area contributed by atoms with Crippen LogP contribution in [0, 0.1) is 5.92 Å². The molecular formula is C19H28N2O3. The summed E-state index contributed by atoms with van der Waals surface area (Å²) in [7, 11) is 1.64. The Morgan fingerprint density at radius 2 is 2.17 bits per heavy atom. The molecule has 0 aliphatic carbocycles. The van der Waals surface area contributed by atoms with Gasteiger partial charge < -0.3 is 15.2 Å². The molecule has 2 aliphatic heterocycles. The Morgan fingerprint density at radius 3 is 2.83 bits per heavy atom. The van der Waals surface area contributed by atoms with Gasteiger partial charge in [0.1, 0.15) is 0 Å². The number of carbonyl (C=O) groups is 1. The molecule has 3 rings (SSSR count).